The molecule has 0 aliphatic carbocycles. The summed E-state index contributed by atoms with van der Waals surface area (Å²) < 4.78 is 40.4. The zero-order valence-electron chi connectivity index (χ0n) is 10.2. The van der Waals surface area contributed by atoms with Crippen LogP contribution in [0.1, 0.15) is 23.7 Å². The molecule has 1 atom stereocenters. The number of carbonyl (C=O) groups is 1. The number of aliphatic hydroxyl groups excluding tert-OH is 1. The molecule has 0 bridgehead atoms. The molecule has 0 fully saturated rings. The topological polar surface area (TPSA) is 66.8 Å². The van der Waals surface area contributed by atoms with E-state index in [2.05, 4.69) is 4.74 Å². The van der Waals surface area contributed by atoms with E-state index in [4.69, 9.17) is 16.7 Å². The molecule has 0 spiro atoms. The van der Waals surface area contributed by atoms with E-state index in [9.17, 15) is 23.1 Å². The van der Waals surface area contributed by atoms with Crippen LogP contribution in [0.25, 0.3) is 0 Å². The standard InChI is InChI=1S/C12H12ClF3O4/c13-5-1-2-7-3-4-9(20-12(14,15)16)8(6-7)10(17)11(18)19/h3-4,6,10,17H,1-2,5H2,(H,18,19). The molecule has 0 radical (unpaired) electrons. The summed E-state index contributed by atoms with van der Waals surface area (Å²) in [6, 6.07) is 3.52. The van der Waals surface area contributed by atoms with Gasteiger partial charge in [-0.25, -0.2) is 4.79 Å². The molecular weight excluding hydrogens is 301 g/mol. The zero-order valence-corrected chi connectivity index (χ0v) is 10.9. The highest BCUT2D eigenvalue weighted by Gasteiger charge is 2.33. The number of halogens is 4. The van der Waals surface area contributed by atoms with Crippen LogP contribution in [-0.4, -0.2) is 28.4 Å². The first-order chi connectivity index (χ1) is 9.24. The Kier molecular flexibility index (Phi) is 5.64. The average molecular weight is 313 g/mol. The van der Waals surface area contributed by atoms with Crippen molar-refractivity contribution in [2.45, 2.75) is 25.3 Å². The zero-order chi connectivity index (χ0) is 15.3. The van der Waals surface area contributed by atoms with Crippen molar-refractivity contribution in [3.8, 4) is 5.75 Å². The summed E-state index contributed by atoms with van der Waals surface area (Å²) in [5.74, 6) is -2.04. The Labute approximate surface area is 117 Å². The number of hydrogen-bond acceptors (Lipinski definition) is 3. The lowest BCUT2D eigenvalue weighted by atomic mass is 10.0. The molecule has 1 aromatic rings. The smallest absolute Gasteiger partial charge is 0.479 e. The molecule has 4 nitrogen and oxygen atoms in total. The van der Waals surface area contributed by atoms with E-state index in [1.54, 1.807) is 0 Å². The Bertz CT molecular complexity index is 476. The molecule has 0 aliphatic rings. The van der Waals surface area contributed by atoms with Crippen LogP contribution in [0.3, 0.4) is 0 Å². The van der Waals surface area contributed by atoms with Gasteiger partial charge in [-0.1, -0.05) is 6.07 Å². The number of carboxylic acids is 1. The van der Waals surface area contributed by atoms with Crippen LogP contribution >= 0.6 is 11.6 Å². The van der Waals surface area contributed by atoms with Crippen molar-refractivity contribution in [2.75, 3.05) is 5.88 Å². The van der Waals surface area contributed by atoms with Gasteiger partial charge in [0.25, 0.3) is 0 Å². The quantitative estimate of drug-likeness (QED) is 0.793. The van der Waals surface area contributed by atoms with E-state index >= 15 is 0 Å². The van der Waals surface area contributed by atoms with Crippen LogP contribution in [-0.2, 0) is 11.2 Å². The fourth-order valence-electron chi connectivity index (χ4n) is 1.59. The Morgan fingerprint density at radius 3 is 2.55 bits per heavy atom. The summed E-state index contributed by atoms with van der Waals surface area (Å²) in [5, 5.41) is 18.2. The monoisotopic (exact) mass is 312 g/mol. The predicted molar refractivity (Wildman–Crippen MR) is 64.8 cm³/mol. The third-order valence-corrected chi connectivity index (χ3v) is 2.69. The minimum atomic E-state index is -4.97. The van der Waals surface area contributed by atoms with Gasteiger partial charge in [-0.2, -0.15) is 0 Å². The second-order valence-corrected chi connectivity index (χ2v) is 4.33. The maximum absolute atomic E-state index is 12.2. The van der Waals surface area contributed by atoms with Crippen LogP contribution in [0.15, 0.2) is 18.2 Å². The predicted octanol–water partition coefficient (Wildman–Crippen LogP) is 2.87. The van der Waals surface area contributed by atoms with Gasteiger partial charge in [0.2, 0.25) is 0 Å². The number of rotatable bonds is 6. The summed E-state index contributed by atoms with van der Waals surface area (Å²) in [6.07, 6.45) is -6.04. The third kappa shape index (κ3) is 4.90. The van der Waals surface area contributed by atoms with E-state index < -0.39 is 29.7 Å². The highest BCUT2D eigenvalue weighted by atomic mass is 35.5. The number of aliphatic carboxylic acids is 1. The molecule has 0 heterocycles. The summed E-state index contributed by atoms with van der Waals surface area (Å²) in [7, 11) is 0. The van der Waals surface area contributed by atoms with Gasteiger partial charge in [0.05, 0.1) is 0 Å². The highest BCUT2D eigenvalue weighted by Crippen LogP contribution is 2.31. The van der Waals surface area contributed by atoms with Crippen molar-refractivity contribution in [1.29, 1.82) is 0 Å². The van der Waals surface area contributed by atoms with Gasteiger partial charge in [0.15, 0.2) is 6.10 Å². The molecule has 0 aliphatic heterocycles. The number of hydrogen-bond donors (Lipinski definition) is 2. The first kappa shape index (κ1) is 16.6. The number of ether oxygens (including phenoxy) is 1. The lowest BCUT2D eigenvalue weighted by molar-refractivity contribution is -0.275. The second kappa shape index (κ2) is 6.81. The van der Waals surface area contributed by atoms with Gasteiger partial charge in [-0.3, -0.25) is 0 Å². The minimum absolute atomic E-state index is 0.359. The number of carboxylic acid groups (broad SMARTS) is 1. The Hall–Kier alpha value is -1.47. The molecule has 112 valence electrons. The largest absolute Gasteiger partial charge is 0.573 e. The lowest BCUT2D eigenvalue weighted by Crippen LogP contribution is -2.20. The summed E-state index contributed by atoms with van der Waals surface area (Å²) in [6.45, 7) is 0. The van der Waals surface area contributed by atoms with Crippen LogP contribution in [0, 0.1) is 0 Å². The fourth-order valence-corrected chi connectivity index (χ4v) is 1.72. The Morgan fingerprint density at radius 2 is 2.05 bits per heavy atom. The maximum Gasteiger partial charge on any atom is 0.573 e. The van der Waals surface area contributed by atoms with Crippen LogP contribution in [0.4, 0.5) is 13.2 Å². The van der Waals surface area contributed by atoms with E-state index in [-0.39, 0.29) is 0 Å². The van der Waals surface area contributed by atoms with Crippen molar-refractivity contribution in [3.05, 3.63) is 29.3 Å². The van der Waals surface area contributed by atoms with Crippen LogP contribution in [0.5, 0.6) is 5.75 Å². The van der Waals surface area contributed by atoms with Crippen molar-refractivity contribution in [1.82, 2.24) is 0 Å². The molecule has 20 heavy (non-hydrogen) atoms. The van der Waals surface area contributed by atoms with Crippen LogP contribution < -0.4 is 4.74 Å². The molecule has 8 heteroatoms. The first-order valence-corrected chi connectivity index (χ1v) is 6.13. The molecule has 2 N–H and O–H groups in total. The maximum atomic E-state index is 12.2. The number of aliphatic hydroxyl groups is 1. The van der Waals surface area contributed by atoms with Crippen molar-refractivity contribution in [2.24, 2.45) is 0 Å². The molecule has 1 unspecified atom stereocenters. The van der Waals surface area contributed by atoms with E-state index in [1.807, 2.05) is 0 Å². The Balaban J connectivity index is 3.12. The summed E-state index contributed by atoms with van der Waals surface area (Å²) >= 11 is 5.51. The van der Waals surface area contributed by atoms with Gasteiger partial charge in [0, 0.05) is 11.4 Å². The number of aryl methyl sites for hydroxylation is 1. The average Bonchev–Trinajstić information content (AvgIpc) is 2.34. The first-order valence-electron chi connectivity index (χ1n) is 5.60. The van der Waals surface area contributed by atoms with E-state index in [1.165, 1.54) is 12.1 Å². The number of alkyl halides is 4. The Morgan fingerprint density at radius 1 is 1.40 bits per heavy atom. The molecule has 1 rings (SSSR count). The highest BCUT2D eigenvalue weighted by molar-refractivity contribution is 6.17. The van der Waals surface area contributed by atoms with Gasteiger partial charge in [-0.05, 0) is 30.5 Å². The van der Waals surface area contributed by atoms with E-state index in [0.717, 1.165) is 6.07 Å². The van der Waals surface area contributed by atoms with E-state index in [0.29, 0.717) is 24.3 Å². The van der Waals surface area contributed by atoms with Gasteiger partial charge in [-0.15, -0.1) is 24.8 Å². The summed E-state index contributed by atoms with van der Waals surface area (Å²) in [4.78, 5) is 10.7. The van der Waals surface area contributed by atoms with Crippen molar-refractivity contribution in [3.63, 3.8) is 0 Å². The summed E-state index contributed by atoms with van der Waals surface area (Å²) in [5.41, 5.74) is 0.123. The van der Waals surface area contributed by atoms with Gasteiger partial charge in [0.1, 0.15) is 5.75 Å². The molecule has 0 saturated carbocycles. The fraction of sp³-hybridized carbons (Fsp3) is 0.417. The van der Waals surface area contributed by atoms with Gasteiger partial charge < -0.3 is 14.9 Å². The molecular formula is C12H12ClF3O4. The third-order valence-electron chi connectivity index (χ3n) is 2.43. The lowest BCUT2D eigenvalue weighted by Gasteiger charge is -2.16. The van der Waals surface area contributed by atoms with Crippen molar-refractivity contribution < 1.29 is 32.9 Å². The van der Waals surface area contributed by atoms with Gasteiger partial charge >= 0.3 is 12.3 Å². The molecule has 0 saturated heterocycles. The SMILES string of the molecule is O=C(O)C(O)c1cc(CCCCl)ccc1OC(F)(F)F. The normalized spacial score (nSPS) is 13.1. The minimum Gasteiger partial charge on any atom is -0.479 e. The second-order valence-electron chi connectivity index (χ2n) is 3.95. The molecule has 1 aromatic carbocycles. The van der Waals surface area contributed by atoms with Crippen molar-refractivity contribution >= 4 is 17.6 Å². The number of benzene rings is 1. The molecule has 0 amide bonds. The molecule has 0 aromatic heterocycles. The van der Waals surface area contributed by atoms with Crippen LogP contribution in [0.2, 0.25) is 0 Å².